The Balaban J connectivity index is 1.63. The Hall–Kier alpha value is -3.48. The van der Waals surface area contributed by atoms with E-state index < -0.39 is 0 Å². The number of aromatic nitrogens is 4. The van der Waals surface area contributed by atoms with Crippen LogP contribution >= 0.6 is 0 Å². The highest BCUT2D eigenvalue weighted by Gasteiger charge is 2.11. The molecule has 0 unspecified atom stereocenters. The lowest BCUT2D eigenvalue weighted by molar-refractivity contribution is 0.101. The Kier molecular flexibility index (Phi) is 3.53. The Morgan fingerprint density at radius 2 is 1.88 bits per heavy atom. The molecule has 4 rings (SSSR count). The van der Waals surface area contributed by atoms with Crippen LogP contribution in [0.3, 0.4) is 0 Å². The first-order chi connectivity index (χ1) is 12.1. The number of benzene rings is 1. The molecule has 0 spiro atoms. The van der Waals surface area contributed by atoms with Crippen LogP contribution in [-0.2, 0) is 7.05 Å². The van der Waals surface area contributed by atoms with Crippen molar-refractivity contribution in [3.63, 3.8) is 0 Å². The molecule has 25 heavy (non-hydrogen) atoms. The van der Waals surface area contributed by atoms with Crippen molar-refractivity contribution in [3.8, 4) is 11.3 Å². The van der Waals surface area contributed by atoms with E-state index in [-0.39, 0.29) is 11.7 Å². The number of fused-ring (bicyclic) bond motifs is 1. The highest BCUT2D eigenvalue weighted by molar-refractivity contribution is 6.03. The second kappa shape index (κ2) is 5.86. The normalized spacial score (nSPS) is 11.0. The number of imidazole rings is 1. The number of rotatable bonds is 3. The molecule has 1 aromatic carbocycles. The lowest BCUT2D eigenvalue weighted by Gasteiger charge is -2.05. The Morgan fingerprint density at radius 3 is 2.60 bits per heavy atom. The molecule has 0 radical (unpaired) electrons. The number of pyridine rings is 1. The van der Waals surface area contributed by atoms with E-state index in [0.717, 1.165) is 16.9 Å². The van der Waals surface area contributed by atoms with Crippen molar-refractivity contribution in [2.24, 2.45) is 7.05 Å². The van der Waals surface area contributed by atoms with E-state index in [1.54, 1.807) is 43.7 Å². The molecular weight excluding hydrogens is 321 g/mol. The number of carbonyl (C=O) groups excluding carboxylic acids is 1. The van der Waals surface area contributed by atoms with Crippen LogP contribution in [0, 0.1) is 5.82 Å². The first-order valence-corrected chi connectivity index (χ1v) is 7.64. The average Bonchev–Trinajstić information content (AvgIpc) is 3.21. The molecule has 0 atom stereocenters. The van der Waals surface area contributed by atoms with Crippen molar-refractivity contribution in [1.82, 2.24) is 19.2 Å². The Labute approximate surface area is 142 Å². The average molecular weight is 335 g/mol. The maximum Gasteiger partial charge on any atom is 0.273 e. The van der Waals surface area contributed by atoms with Crippen LogP contribution in [0.5, 0.6) is 0 Å². The zero-order valence-electron chi connectivity index (χ0n) is 13.3. The van der Waals surface area contributed by atoms with Crippen molar-refractivity contribution in [2.75, 3.05) is 5.32 Å². The van der Waals surface area contributed by atoms with Gasteiger partial charge in [0.05, 0.1) is 11.4 Å². The SMILES string of the molecule is Cn1nccc1C(=O)Nc1ccc2nc(-c3ccc(F)cc3)cn2c1. The van der Waals surface area contributed by atoms with Gasteiger partial charge in [-0.3, -0.25) is 9.48 Å². The van der Waals surface area contributed by atoms with E-state index in [1.807, 2.05) is 16.7 Å². The second-order valence-corrected chi connectivity index (χ2v) is 5.61. The maximum atomic E-state index is 13.1. The monoisotopic (exact) mass is 335 g/mol. The van der Waals surface area contributed by atoms with Crippen LogP contribution < -0.4 is 5.32 Å². The fourth-order valence-corrected chi connectivity index (χ4v) is 2.62. The number of hydrogen-bond acceptors (Lipinski definition) is 3. The van der Waals surface area contributed by atoms with Crippen LogP contribution in [0.15, 0.2) is 61.1 Å². The summed E-state index contributed by atoms with van der Waals surface area (Å²) in [4.78, 5) is 16.8. The number of anilines is 1. The van der Waals surface area contributed by atoms with Crippen LogP contribution in [0.4, 0.5) is 10.1 Å². The fraction of sp³-hybridized carbons (Fsp3) is 0.0556. The summed E-state index contributed by atoms with van der Waals surface area (Å²) < 4.78 is 16.4. The second-order valence-electron chi connectivity index (χ2n) is 5.61. The summed E-state index contributed by atoms with van der Waals surface area (Å²) in [6, 6.07) is 11.4. The number of nitrogens with one attached hydrogen (secondary N) is 1. The van der Waals surface area contributed by atoms with Gasteiger partial charge in [0.25, 0.3) is 5.91 Å². The molecule has 3 heterocycles. The predicted octanol–water partition coefficient (Wildman–Crippen LogP) is 3.13. The molecule has 0 saturated heterocycles. The van der Waals surface area contributed by atoms with Crippen LogP contribution in [0.1, 0.15) is 10.5 Å². The van der Waals surface area contributed by atoms with E-state index in [2.05, 4.69) is 15.4 Å². The predicted molar refractivity (Wildman–Crippen MR) is 91.7 cm³/mol. The van der Waals surface area contributed by atoms with Crippen LogP contribution in [0.2, 0.25) is 0 Å². The van der Waals surface area contributed by atoms with Crippen molar-refractivity contribution in [1.29, 1.82) is 0 Å². The molecule has 0 saturated carbocycles. The molecule has 0 aliphatic heterocycles. The van der Waals surface area contributed by atoms with Crippen molar-refractivity contribution in [3.05, 3.63) is 72.6 Å². The molecule has 1 N–H and O–H groups in total. The summed E-state index contributed by atoms with van der Waals surface area (Å²) in [5, 5.41) is 6.82. The molecule has 1 amide bonds. The molecule has 0 aliphatic rings. The molecule has 0 aliphatic carbocycles. The van der Waals surface area contributed by atoms with E-state index >= 15 is 0 Å². The number of nitrogens with zero attached hydrogens (tertiary/aromatic N) is 4. The molecule has 3 aromatic heterocycles. The number of amides is 1. The van der Waals surface area contributed by atoms with Gasteiger partial charge in [0.1, 0.15) is 17.2 Å². The number of carbonyl (C=O) groups is 1. The van der Waals surface area contributed by atoms with E-state index in [0.29, 0.717) is 11.4 Å². The van der Waals surface area contributed by atoms with Gasteiger partial charge in [-0.15, -0.1) is 0 Å². The number of hydrogen-bond donors (Lipinski definition) is 1. The standard InChI is InChI=1S/C18H14FN5O/c1-23-16(8-9-20-23)18(25)21-14-6-7-17-22-15(11-24(17)10-14)12-2-4-13(19)5-3-12/h2-11H,1H3,(H,21,25). The highest BCUT2D eigenvalue weighted by atomic mass is 19.1. The zero-order chi connectivity index (χ0) is 17.4. The van der Waals surface area contributed by atoms with Gasteiger partial charge >= 0.3 is 0 Å². The van der Waals surface area contributed by atoms with Gasteiger partial charge in [0, 0.05) is 31.2 Å². The smallest absolute Gasteiger partial charge is 0.273 e. The van der Waals surface area contributed by atoms with Gasteiger partial charge in [-0.2, -0.15) is 5.10 Å². The molecular formula is C18H14FN5O. The highest BCUT2D eigenvalue weighted by Crippen LogP contribution is 2.21. The molecule has 124 valence electrons. The minimum absolute atomic E-state index is 0.238. The lowest BCUT2D eigenvalue weighted by Crippen LogP contribution is -2.16. The van der Waals surface area contributed by atoms with Crippen molar-refractivity contribution < 1.29 is 9.18 Å². The third-order valence-corrected chi connectivity index (χ3v) is 3.90. The summed E-state index contributed by atoms with van der Waals surface area (Å²) in [7, 11) is 1.71. The first-order valence-electron chi connectivity index (χ1n) is 7.64. The third kappa shape index (κ3) is 2.87. The summed E-state index contributed by atoms with van der Waals surface area (Å²) in [6.07, 6.45) is 5.19. The van der Waals surface area contributed by atoms with E-state index in [4.69, 9.17) is 0 Å². The van der Waals surface area contributed by atoms with Crippen molar-refractivity contribution >= 4 is 17.2 Å². The van der Waals surface area contributed by atoms with Gasteiger partial charge in [-0.25, -0.2) is 9.37 Å². The quantitative estimate of drug-likeness (QED) is 0.626. The van der Waals surface area contributed by atoms with Crippen LogP contribution in [0.25, 0.3) is 16.9 Å². The summed E-state index contributed by atoms with van der Waals surface area (Å²) >= 11 is 0. The summed E-state index contributed by atoms with van der Waals surface area (Å²) in [6.45, 7) is 0. The Bertz CT molecular complexity index is 1060. The van der Waals surface area contributed by atoms with Crippen LogP contribution in [-0.4, -0.2) is 25.1 Å². The van der Waals surface area contributed by atoms with Gasteiger partial charge < -0.3 is 9.72 Å². The number of halogens is 1. The lowest BCUT2D eigenvalue weighted by atomic mass is 10.2. The summed E-state index contributed by atoms with van der Waals surface area (Å²) in [5.74, 6) is -0.522. The zero-order valence-corrected chi connectivity index (χ0v) is 13.3. The van der Waals surface area contributed by atoms with Gasteiger partial charge in [-0.05, 0) is 42.5 Å². The largest absolute Gasteiger partial charge is 0.319 e. The Morgan fingerprint density at radius 1 is 1.08 bits per heavy atom. The van der Waals surface area contributed by atoms with E-state index in [1.165, 1.54) is 16.8 Å². The molecule has 6 nitrogen and oxygen atoms in total. The van der Waals surface area contributed by atoms with Crippen molar-refractivity contribution in [2.45, 2.75) is 0 Å². The fourth-order valence-electron chi connectivity index (χ4n) is 2.62. The topological polar surface area (TPSA) is 64.2 Å². The molecule has 7 heteroatoms. The molecule has 0 bridgehead atoms. The van der Waals surface area contributed by atoms with Gasteiger partial charge in [0.2, 0.25) is 0 Å². The van der Waals surface area contributed by atoms with E-state index in [9.17, 15) is 9.18 Å². The first kappa shape index (κ1) is 15.1. The molecule has 0 fully saturated rings. The van der Waals surface area contributed by atoms with Gasteiger partial charge in [-0.1, -0.05) is 0 Å². The minimum atomic E-state index is -0.285. The van der Waals surface area contributed by atoms with Gasteiger partial charge in [0.15, 0.2) is 0 Å². The maximum absolute atomic E-state index is 13.1. The molecule has 4 aromatic rings. The summed E-state index contributed by atoms with van der Waals surface area (Å²) in [5.41, 5.74) is 3.40. The number of aryl methyl sites for hydroxylation is 1. The third-order valence-electron chi connectivity index (χ3n) is 3.90. The minimum Gasteiger partial charge on any atom is -0.319 e.